The number of unbranched alkanes of at least 4 members (excludes halogenated alkanes) is 51. The Morgan fingerprint density at radius 1 is 0.344 bits per heavy atom. The lowest BCUT2D eigenvalue weighted by molar-refractivity contribution is -0.360. The van der Waals surface area contributed by atoms with Gasteiger partial charge in [0, 0.05) is 25.7 Å². The Kier molecular flexibility index (Phi) is 68.7. The minimum Gasteiger partial charge on any atom is -0.463 e. The van der Waals surface area contributed by atoms with Crippen molar-refractivity contribution < 1.29 is 122 Å². The highest BCUT2D eigenvalue weighted by atomic mass is 31.2. The minimum absolute atomic E-state index is 0.0187. The molecule has 0 bridgehead atoms. The summed E-state index contributed by atoms with van der Waals surface area (Å²) in [5, 5.41) is 103. The number of carbonyl (C=O) groups is 4. The van der Waals surface area contributed by atoms with Gasteiger partial charge in [-0.25, -0.2) is 4.57 Å². The summed E-state index contributed by atoms with van der Waals surface area (Å²) in [6, 6.07) is 0. The highest BCUT2D eigenvalue weighted by molar-refractivity contribution is 7.47. The monoisotopic (exact) mass is 1760 g/mol. The Morgan fingerprint density at radius 2 is 0.664 bits per heavy atom. The van der Waals surface area contributed by atoms with Crippen LogP contribution < -0.4 is 0 Å². The third kappa shape index (κ3) is 53.4. The van der Waals surface area contributed by atoms with E-state index >= 15 is 0 Å². The summed E-state index contributed by atoms with van der Waals surface area (Å²) in [6.07, 6.45) is 33.2. The van der Waals surface area contributed by atoms with Crippen LogP contribution in [0.15, 0.2) is 12.2 Å². The number of hydrogen-bond donors (Lipinski definition) is 10. The Hall–Kier alpha value is -2.79. The van der Waals surface area contributed by atoms with E-state index in [1.807, 2.05) is 0 Å². The molecule has 19 atom stereocenters. The fourth-order valence-corrected chi connectivity index (χ4v) is 17.6. The molecule has 0 spiro atoms. The number of rotatable bonds is 81. The second kappa shape index (κ2) is 73.9. The van der Waals surface area contributed by atoms with Crippen molar-refractivity contribution in [3.63, 3.8) is 0 Å². The molecule has 1 aliphatic carbocycles. The molecule has 0 amide bonds. The summed E-state index contributed by atoms with van der Waals surface area (Å²) in [5.74, 6) is -2.32. The van der Waals surface area contributed by atoms with Crippen molar-refractivity contribution >= 4 is 31.7 Å². The van der Waals surface area contributed by atoms with Gasteiger partial charge in [0.05, 0.1) is 13.2 Å². The number of aliphatic hydroxyl groups is 9. The van der Waals surface area contributed by atoms with Crippen LogP contribution in [-0.2, 0) is 70.7 Å². The predicted octanol–water partition coefficient (Wildman–Crippen LogP) is 19.4. The molecule has 2 saturated heterocycles. The van der Waals surface area contributed by atoms with Crippen LogP contribution in [0.1, 0.15) is 439 Å². The Bertz CT molecular complexity index is 2590. The zero-order chi connectivity index (χ0) is 89.1. The van der Waals surface area contributed by atoms with Crippen LogP contribution in [0.25, 0.3) is 0 Å². The van der Waals surface area contributed by atoms with Crippen molar-refractivity contribution in [3.8, 4) is 0 Å². The van der Waals surface area contributed by atoms with E-state index in [2.05, 4.69) is 46.8 Å². The van der Waals surface area contributed by atoms with Crippen LogP contribution in [-0.4, -0.2) is 205 Å². The normalized spacial score (nSPS) is 24.8. The molecule has 26 heteroatoms. The van der Waals surface area contributed by atoms with Crippen LogP contribution in [0.4, 0.5) is 0 Å². The lowest BCUT2D eigenvalue weighted by Gasteiger charge is -2.50. The van der Waals surface area contributed by atoms with E-state index < -0.39 is 162 Å². The van der Waals surface area contributed by atoms with Crippen molar-refractivity contribution in [3.05, 3.63) is 12.2 Å². The maximum atomic E-state index is 14.9. The average Bonchev–Trinajstić information content (AvgIpc) is 0.753. The Morgan fingerprint density at radius 3 is 1.07 bits per heavy atom. The molecule has 718 valence electrons. The standard InChI is InChI=1S/C96H179O25P/c1-6-10-14-18-22-25-28-31-34-37-40-43-46-49-56-62-68-80(99)113-74-78-84(103)86(105)90(109)96(117-78)120-93-91(118-82(101)70-64-58-52-51-54-60-66-75(5)65-59-53-21-17-13-9-4)87(106)88(107)92(119-95-89(108)85(104)83(102)77(71-97)116-95)94(93)121-122(110,111)114-73-76(72-112-79(98)67-61-55-48-45-42-39-36-33-30-27-24-20-16-12-8-3)115-81(100)69-63-57-50-47-44-41-38-35-32-29-26-23-19-15-11-7-2/h27,30,75-78,83-97,102-109H,6-26,28-29,31-74H2,1-5H3,(H,110,111)/b30-27-. The van der Waals surface area contributed by atoms with Gasteiger partial charge in [-0.3, -0.25) is 28.2 Å². The maximum absolute atomic E-state index is 14.9. The van der Waals surface area contributed by atoms with Crippen LogP contribution in [0.5, 0.6) is 0 Å². The molecule has 19 unspecified atom stereocenters. The van der Waals surface area contributed by atoms with Crippen molar-refractivity contribution in [2.24, 2.45) is 5.92 Å². The van der Waals surface area contributed by atoms with E-state index in [-0.39, 0.29) is 25.7 Å². The van der Waals surface area contributed by atoms with Gasteiger partial charge in [-0.1, -0.05) is 374 Å². The average molecular weight is 1760 g/mol. The number of phosphoric acid groups is 1. The van der Waals surface area contributed by atoms with Gasteiger partial charge in [0.2, 0.25) is 0 Å². The molecule has 2 aliphatic heterocycles. The van der Waals surface area contributed by atoms with Gasteiger partial charge in [-0.2, -0.15) is 0 Å². The molecule has 122 heavy (non-hydrogen) atoms. The summed E-state index contributed by atoms with van der Waals surface area (Å²) < 4.78 is 73.7. The number of carbonyl (C=O) groups excluding carboxylic acids is 4. The van der Waals surface area contributed by atoms with Gasteiger partial charge in [0.15, 0.2) is 24.8 Å². The molecule has 25 nitrogen and oxygen atoms in total. The zero-order valence-electron chi connectivity index (χ0n) is 77.0. The van der Waals surface area contributed by atoms with Crippen molar-refractivity contribution in [2.75, 3.05) is 26.4 Å². The highest BCUT2D eigenvalue weighted by Crippen LogP contribution is 2.49. The summed E-state index contributed by atoms with van der Waals surface area (Å²) in [7, 11) is -5.81. The lowest BCUT2D eigenvalue weighted by atomic mass is 9.84. The topological polar surface area (TPSA) is 380 Å². The molecular weight excluding hydrogens is 1580 g/mol. The Balaban J connectivity index is 1.90. The highest BCUT2D eigenvalue weighted by Gasteiger charge is 2.60. The van der Waals surface area contributed by atoms with E-state index in [0.29, 0.717) is 38.0 Å². The first kappa shape index (κ1) is 113. The first-order valence-electron chi connectivity index (χ1n) is 49.8. The SMILES string of the molecule is CCCCCC/C=C\CCCCCCCCCC(=O)OCC(COP(=O)(O)OC1C(OC2OC(CO)C(O)C(O)C2O)C(O)C(O)C(OC(=O)CCCCCCCCC(C)CCCCCCCC)C1OC1OC(COC(=O)CCCCCCCCCCCCCCCCCC)C(O)C(O)C1O)OC(=O)CCCCCCCCCCCCCCCCCC. The third-order valence-electron chi connectivity index (χ3n) is 24.7. The quantitative estimate of drug-likeness (QED) is 0.00889. The van der Waals surface area contributed by atoms with E-state index in [4.69, 9.17) is 46.9 Å². The van der Waals surface area contributed by atoms with Gasteiger partial charge >= 0.3 is 31.7 Å². The van der Waals surface area contributed by atoms with Crippen molar-refractivity contribution in [1.82, 2.24) is 0 Å². The number of hydrogen-bond acceptors (Lipinski definition) is 24. The second-order valence-corrected chi connectivity index (χ2v) is 37.3. The molecule has 3 aliphatic rings. The molecular formula is C96H179O25P. The van der Waals surface area contributed by atoms with Crippen molar-refractivity contribution in [2.45, 2.75) is 543 Å². The fraction of sp³-hybridized carbons (Fsp3) is 0.938. The molecule has 0 aromatic heterocycles. The fourth-order valence-electron chi connectivity index (χ4n) is 16.7. The van der Waals surface area contributed by atoms with Crippen LogP contribution in [0, 0.1) is 5.92 Å². The minimum atomic E-state index is -5.81. The largest absolute Gasteiger partial charge is 0.472 e. The maximum Gasteiger partial charge on any atom is 0.472 e. The van der Waals surface area contributed by atoms with Gasteiger partial charge in [-0.15, -0.1) is 0 Å². The molecule has 3 fully saturated rings. The van der Waals surface area contributed by atoms with E-state index in [1.54, 1.807) is 0 Å². The second-order valence-electron chi connectivity index (χ2n) is 35.9. The number of ether oxygens (including phenoxy) is 8. The summed E-state index contributed by atoms with van der Waals surface area (Å²) >= 11 is 0. The third-order valence-corrected chi connectivity index (χ3v) is 25.7. The number of allylic oxidation sites excluding steroid dienone is 2. The van der Waals surface area contributed by atoms with E-state index in [0.717, 1.165) is 148 Å². The zero-order valence-corrected chi connectivity index (χ0v) is 77.9. The molecule has 0 aromatic rings. The van der Waals surface area contributed by atoms with Crippen molar-refractivity contribution in [1.29, 1.82) is 0 Å². The predicted molar refractivity (Wildman–Crippen MR) is 476 cm³/mol. The molecule has 3 rings (SSSR count). The first-order chi connectivity index (χ1) is 59.1. The number of aliphatic hydroxyl groups excluding tert-OH is 9. The van der Waals surface area contributed by atoms with Gasteiger partial charge < -0.3 is 88.7 Å². The van der Waals surface area contributed by atoms with Crippen LogP contribution >= 0.6 is 7.82 Å². The summed E-state index contributed by atoms with van der Waals surface area (Å²) in [5.41, 5.74) is 0. The first-order valence-corrected chi connectivity index (χ1v) is 51.3. The Labute approximate surface area is 737 Å². The molecule has 0 radical (unpaired) electrons. The summed E-state index contributed by atoms with van der Waals surface area (Å²) in [6.45, 7) is 7.94. The van der Waals surface area contributed by atoms with Gasteiger partial charge in [0.1, 0.15) is 92.6 Å². The molecule has 0 aromatic carbocycles. The van der Waals surface area contributed by atoms with Crippen LogP contribution in [0.2, 0.25) is 0 Å². The lowest BCUT2D eigenvalue weighted by Crippen LogP contribution is -2.70. The number of phosphoric ester groups is 1. The van der Waals surface area contributed by atoms with Gasteiger partial charge in [0.25, 0.3) is 0 Å². The molecule has 1 saturated carbocycles. The van der Waals surface area contributed by atoms with E-state index in [1.165, 1.54) is 199 Å². The summed E-state index contributed by atoms with van der Waals surface area (Å²) in [4.78, 5) is 66.7. The van der Waals surface area contributed by atoms with Gasteiger partial charge in [-0.05, 0) is 57.3 Å². The molecule has 10 N–H and O–H groups in total. The van der Waals surface area contributed by atoms with E-state index in [9.17, 15) is 74.6 Å². The molecule has 2 heterocycles. The smallest absolute Gasteiger partial charge is 0.463 e. The number of esters is 4. The van der Waals surface area contributed by atoms with Crippen LogP contribution in [0.3, 0.4) is 0 Å².